The van der Waals surface area contributed by atoms with Crippen LogP contribution in [0.15, 0.2) is 42.6 Å². The van der Waals surface area contributed by atoms with Gasteiger partial charge in [-0.05, 0) is 36.6 Å². The van der Waals surface area contributed by atoms with E-state index >= 15 is 0 Å². The summed E-state index contributed by atoms with van der Waals surface area (Å²) in [6.07, 6.45) is 2.68. The predicted octanol–water partition coefficient (Wildman–Crippen LogP) is 2.68. The van der Waals surface area contributed by atoms with Crippen molar-refractivity contribution in [1.82, 2.24) is 4.98 Å². The maximum absolute atomic E-state index is 5.60. The van der Waals surface area contributed by atoms with Gasteiger partial charge in [-0.3, -0.25) is 0 Å². The van der Waals surface area contributed by atoms with Gasteiger partial charge in [0.1, 0.15) is 10.8 Å². The standard InChI is InChI=1S/C15H17N3S/c1-11-4-2-3-5-12(11)6-8-17-14-10-13(15(16)19)7-9-18-14/h2-5,7,9-10H,6,8H2,1H3,(H2,16,19)(H,17,18). The molecule has 0 radical (unpaired) electrons. The van der Waals surface area contributed by atoms with Gasteiger partial charge in [-0.1, -0.05) is 36.5 Å². The molecule has 4 heteroatoms. The van der Waals surface area contributed by atoms with Crippen LogP contribution in [0.3, 0.4) is 0 Å². The van der Waals surface area contributed by atoms with E-state index in [0.29, 0.717) is 4.99 Å². The number of thiocarbonyl (C=S) groups is 1. The quantitative estimate of drug-likeness (QED) is 0.821. The second-order valence-corrected chi connectivity index (χ2v) is 4.84. The molecule has 0 spiro atoms. The average Bonchev–Trinajstić information content (AvgIpc) is 2.41. The summed E-state index contributed by atoms with van der Waals surface area (Å²) in [5.74, 6) is 0.805. The van der Waals surface area contributed by atoms with Crippen LogP contribution in [0.4, 0.5) is 5.82 Å². The first-order chi connectivity index (χ1) is 9.16. The van der Waals surface area contributed by atoms with Crippen LogP contribution >= 0.6 is 12.2 Å². The van der Waals surface area contributed by atoms with E-state index in [1.807, 2.05) is 12.1 Å². The highest BCUT2D eigenvalue weighted by Gasteiger charge is 2.00. The summed E-state index contributed by atoms with van der Waals surface area (Å²) in [5, 5.41) is 3.29. The van der Waals surface area contributed by atoms with Gasteiger partial charge >= 0.3 is 0 Å². The molecule has 0 fully saturated rings. The van der Waals surface area contributed by atoms with Crippen LogP contribution in [0.1, 0.15) is 16.7 Å². The van der Waals surface area contributed by atoms with Crippen LogP contribution in [0, 0.1) is 6.92 Å². The molecular weight excluding hydrogens is 254 g/mol. The van der Waals surface area contributed by atoms with Gasteiger partial charge in [-0.15, -0.1) is 0 Å². The number of aryl methyl sites for hydroxylation is 1. The van der Waals surface area contributed by atoms with Crippen molar-refractivity contribution in [3.8, 4) is 0 Å². The lowest BCUT2D eigenvalue weighted by Crippen LogP contribution is -2.11. The molecule has 0 atom stereocenters. The molecule has 1 heterocycles. The van der Waals surface area contributed by atoms with Gasteiger partial charge in [-0.25, -0.2) is 4.98 Å². The molecule has 3 nitrogen and oxygen atoms in total. The van der Waals surface area contributed by atoms with Crippen LogP contribution in [0.5, 0.6) is 0 Å². The van der Waals surface area contributed by atoms with E-state index in [1.54, 1.807) is 6.20 Å². The fourth-order valence-electron chi connectivity index (χ4n) is 1.90. The number of nitrogens with zero attached hydrogens (tertiary/aromatic N) is 1. The Balaban J connectivity index is 1.94. The first kappa shape index (κ1) is 13.5. The number of aromatic nitrogens is 1. The molecular formula is C15H17N3S. The van der Waals surface area contributed by atoms with Gasteiger partial charge in [-0.2, -0.15) is 0 Å². The molecule has 2 aromatic rings. The van der Waals surface area contributed by atoms with Gasteiger partial charge in [0.05, 0.1) is 0 Å². The van der Waals surface area contributed by atoms with Gasteiger partial charge in [0, 0.05) is 18.3 Å². The van der Waals surface area contributed by atoms with Gasteiger partial charge < -0.3 is 11.1 Å². The SMILES string of the molecule is Cc1ccccc1CCNc1cc(C(N)=S)ccn1. The molecule has 0 aliphatic rings. The Morgan fingerprint density at radius 1 is 1.32 bits per heavy atom. The Bertz CT molecular complexity index is 581. The van der Waals surface area contributed by atoms with Crippen molar-refractivity contribution >= 4 is 23.0 Å². The first-order valence-electron chi connectivity index (χ1n) is 6.21. The number of rotatable bonds is 5. The zero-order valence-electron chi connectivity index (χ0n) is 10.9. The molecule has 0 saturated heterocycles. The number of nitrogens with two attached hydrogens (primary N) is 1. The largest absolute Gasteiger partial charge is 0.389 e. The number of nitrogens with one attached hydrogen (secondary N) is 1. The van der Waals surface area contributed by atoms with E-state index in [1.165, 1.54) is 11.1 Å². The van der Waals surface area contributed by atoms with Crippen LogP contribution in [-0.4, -0.2) is 16.5 Å². The Morgan fingerprint density at radius 2 is 2.11 bits per heavy atom. The second kappa shape index (κ2) is 6.29. The molecule has 2 rings (SSSR count). The summed E-state index contributed by atoms with van der Waals surface area (Å²) < 4.78 is 0. The third-order valence-corrected chi connectivity index (χ3v) is 3.24. The monoisotopic (exact) mass is 271 g/mol. The molecule has 3 N–H and O–H groups in total. The third-order valence-electron chi connectivity index (χ3n) is 3.01. The molecule has 0 unspecified atom stereocenters. The lowest BCUT2D eigenvalue weighted by atomic mass is 10.1. The number of hydrogen-bond donors (Lipinski definition) is 2. The summed E-state index contributed by atoms with van der Waals surface area (Å²) in [7, 11) is 0. The summed E-state index contributed by atoms with van der Waals surface area (Å²) in [6.45, 7) is 2.96. The van der Waals surface area contributed by atoms with Crippen molar-refractivity contribution in [3.63, 3.8) is 0 Å². The fraction of sp³-hybridized carbons (Fsp3) is 0.200. The smallest absolute Gasteiger partial charge is 0.126 e. The lowest BCUT2D eigenvalue weighted by Gasteiger charge is -2.08. The number of benzene rings is 1. The van der Waals surface area contributed by atoms with Crippen LogP contribution in [-0.2, 0) is 6.42 Å². The lowest BCUT2D eigenvalue weighted by molar-refractivity contribution is 0.993. The highest BCUT2D eigenvalue weighted by atomic mass is 32.1. The Kier molecular flexibility index (Phi) is 4.47. The Hall–Kier alpha value is -1.94. The van der Waals surface area contributed by atoms with Crippen molar-refractivity contribution in [2.75, 3.05) is 11.9 Å². The van der Waals surface area contributed by atoms with Crippen molar-refractivity contribution in [3.05, 3.63) is 59.3 Å². The predicted molar refractivity (Wildman–Crippen MR) is 83.5 cm³/mol. The maximum atomic E-state index is 5.60. The molecule has 0 saturated carbocycles. The van der Waals surface area contributed by atoms with E-state index in [2.05, 4.69) is 41.5 Å². The van der Waals surface area contributed by atoms with Crippen LogP contribution < -0.4 is 11.1 Å². The van der Waals surface area contributed by atoms with Crippen molar-refractivity contribution < 1.29 is 0 Å². The highest BCUT2D eigenvalue weighted by Crippen LogP contribution is 2.10. The molecule has 19 heavy (non-hydrogen) atoms. The number of hydrogen-bond acceptors (Lipinski definition) is 3. The van der Waals surface area contributed by atoms with Crippen LogP contribution in [0.2, 0.25) is 0 Å². The molecule has 0 amide bonds. The minimum Gasteiger partial charge on any atom is -0.389 e. The molecule has 1 aromatic heterocycles. The van der Waals surface area contributed by atoms with E-state index in [-0.39, 0.29) is 0 Å². The van der Waals surface area contributed by atoms with Crippen molar-refractivity contribution in [2.24, 2.45) is 5.73 Å². The highest BCUT2D eigenvalue weighted by molar-refractivity contribution is 7.80. The van der Waals surface area contributed by atoms with Crippen LogP contribution in [0.25, 0.3) is 0 Å². The summed E-state index contributed by atoms with van der Waals surface area (Å²) in [4.78, 5) is 4.64. The third kappa shape index (κ3) is 3.76. The topological polar surface area (TPSA) is 50.9 Å². The fourth-order valence-corrected chi connectivity index (χ4v) is 2.02. The van der Waals surface area contributed by atoms with Crippen molar-refractivity contribution in [2.45, 2.75) is 13.3 Å². The van der Waals surface area contributed by atoms with E-state index in [9.17, 15) is 0 Å². The first-order valence-corrected chi connectivity index (χ1v) is 6.62. The van der Waals surface area contributed by atoms with Crippen molar-refractivity contribution in [1.29, 1.82) is 0 Å². The molecule has 1 aromatic carbocycles. The summed E-state index contributed by atoms with van der Waals surface area (Å²) in [6, 6.07) is 12.1. The normalized spacial score (nSPS) is 10.2. The van der Waals surface area contributed by atoms with E-state index < -0.39 is 0 Å². The molecule has 0 aliphatic heterocycles. The number of pyridine rings is 1. The van der Waals surface area contributed by atoms with E-state index in [4.69, 9.17) is 18.0 Å². The van der Waals surface area contributed by atoms with Gasteiger partial charge in [0.25, 0.3) is 0 Å². The van der Waals surface area contributed by atoms with Gasteiger partial charge in [0.2, 0.25) is 0 Å². The Morgan fingerprint density at radius 3 is 2.84 bits per heavy atom. The number of anilines is 1. The summed E-state index contributed by atoms with van der Waals surface area (Å²) in [5.41, 5.74) is 9.10. The molecule has 0 bridgehead atoms. The summed E-state index contributed by atoms with van der Waals surface area (Å²) >= 11 is 4.95. The Labute approximate surface area is 118 Å². The average molecular weight is 271 g/mol. The second-order valence-electron chi connectivity index (χ2n) is 4.40. The molecule has 98 valence electrons. The maximum Gasteiger partial charge on any atom is 0.126 e. The van der Waals surface area contributed by atoms with Gasteiger partial charge in [0.15, 0.2) is 0 Å². The molecule has 0 aliphatic carbocycles. The zero-order chi connectivity index (χ0) is 13.7. The zero-order valence-corrected chi connectivity index (χ0v) is 11.7. The minimum atomic E-state index is 0.393. The van der Waals surface area contributed by atoms with E-state index in [0.717, 1.165) is 24.3 Å². The minimum absolute atomic E-state index is 0.393.